The van der Waals surface area contributed by atoms with Gasteiger partial charge in [0.15, 0.2) is 5.82 Å². The number of fused-ring (bicyclic) bond motifs is 8. The monoisotopic (exact) mass is 528 g/mol. The van der Waals surface area contributed by atoms with E-state index in [1.165, 1.54) is 26.2 Å². The SMILES string of the molecule is c1ccc2cc3c(cc2c1)c1ccccc1n3-c1nc2c(nc1-c1cccc3cccnc13)sc1ccccc12. The first-order chi connectivity index (χ1) is 19.8. The normalized spacial score (nSPS) is 12.0. The molecule has 0 unspecified atom stereocenters. The Hall–Kier alpha value is -5.13. The first kappa shape index (κ1) is 21.8. The third-order valence-electron chi connectivity index (χ3n) is 7.83. The molecule has 9 aromatic rings. The standard InChI is InChI=1S/C35H20N4S/c1-2-10-23-20-29-27(19-22(23)9-1)24-13-3-5-16-28(24)39(29)34-32(26-15-7-11-21-12-8-18-36-31(21)26)38-35-33(37-34)25-14-4-6-17-30(25)40-35/h1-20H. The first-order valence-corrected chi connectivity index (χ1v) is 14.1. The second-order valence-electron chi connectivity index (χ2n) is 10.1. The minimum absolute atomic E-state index is 0.815. The number of aromatic nitrogens is 4. The van der Waals surface area contributed by atoms with Crippen LogP contribution < -0.4 is 0 Å². The molecule has 9 rings (SSSR count). The van der Waals surface area contributed by atoms with E-state index in [0.29, 0.717) is 0 Å². The summed E-state index contributed by atoms with van der Waals surface area (Å²) in [7, 11) is 0. The number of hydrogen-bond donors (Lipinski definition) is 0. The molecular formula is C35H20N4S. The van der Waals surface area contributed by atoms with Crippen LogP contribution in [0.15, 0.2) is 121 Å². The molecular weight excluding hydrogens is 508 g/mol. The zero-order valence-corrected chi connectivity index (χ0v) is 22.1. The molecule has 5 aromatic carbocycles. The van der Waals surface area contributed by atoms with Gasteiger partial charge >= 0.3 is 0 Å². The van der Waals surface area contributed by atoms with E-state index in [0.717, 1.165) is 54.7 Å². The molecule has 0 saturated heterocycles. The van der Waals surface area contributed by atoms with Gasteiger partial charge in [0.05, 0.1) is 16.6 Å². The van der Waals surface area contributed by atoms with Gasteiger partial charge in [-0.25, -0.2) is 9.97 Å². The summed E-state index contributed by atoms with van der Waals surface area (Å²) in [5, 5.41) is 7.03. The number of pyridine rings is 1. The van der Waals surface area contributed by atoms with E-state index in [-0.39, 0.29) is 0 Å². The molecule has 0 spiro atoms. The number of thiophene rings is 1. The zero-order valence-electron chi connectivity index (χ0n) is 21.2. The molecule has 0 N–H and O–H groups in total. The number of benzene rings is 5. The molecule has 0 atom stereocenters. The van der Waals surface area contributed by atoms with Gasteiger partial charge in [-0.05, 0) is 41.1 Å². The van der Waals surface area contributed by atoms with Gasteiger partial charge in [0.25, 0.3) is 0 Å². The molecule has 0 radical (unpaired) electrons. The van der Waals surface area contributed by atoms with Gasteiger partial charge in [-0.15, -0.1) is 11.3 Å². The predicted octanol–water partition coefficient (Wildman–Crippen LogP) is 9.31. The third-order valence-corrected chi connectivity index (χ3v) is 8.89. The quantitative estimate of drug-likeness (QED) is 0.225. The van der Waals surface area contributed by atoms with Crippen LogP contribution in [0.2, 0.25) is 0 Å². The van der Waals surface area contributed by atoms with Gasteiger partial charge in [0.1, 0.15) is 16.0 Å². The van der Waals surface area contributed by atoms with Crippen molar-refractivity contribution in [2.45, 2.75) is 0 Å². The summed E-state index contributed by atoms with van der Waals surface area (Å²) in [6.07, 6.45) is 1.85. The average molecular weight is 529 g/mol. The predicted molar refractivity (Wildman–Crippen MR) is 168 cm³/mol. The van der Waals surface area contributed by atoms with E-state index >= 15 is 0 Å². The summed E-state index contributed by atoms with van der Waals surface area (Å²) < 4.78 is 3.48. The van der Waals surface area contributed by atoms with Gasteiger partial charge in [-0.3, -0.25) is 9.55 Å². The van der Waals surface area contributed by atoms with Crippen LogP contribution >= 0.6 is 11.3 Å². The van der Waals surface area contributed by atoms with Crippen molar-refractivity contribution in [2.75, 3.05) is 0 Å². The molecule has 4 heterocycles. The van der Waals surface area contributed by atoms with Crippen LogP contribution in [0.3, 0.4) is 0 Å². The average Bonchev–Trinajstić information content (AvgIpc) is 3.53. The summed E-state index contributed by atoms with van der Waals surface area (Å²) in [5.41, 5.74) is 5.88. The van der Waals surface area contributed by atoms with Crippen LogP contribution in [-0.2, 0) is 0 Å². The van der Waals surface area contributed by atoms with Crippen LogP contribution in [0.4, 0.5) is 0 Å². The maximum Gasteiger partial charge on any atom is 0.165 e. The Kier molecular flexibility index (Phi) is 4.45. The number of hydrogen-bond acceptors (Lipinski definition) is 4. The lowest BCUT2D eigenvalue weighted by atomic mass is 10.1. The summed E-state index contributed by atoms with van der Waals surface area (Å²) in [6, 6.07) is 40.5. The molecule has 0 aliphatic carbocycles. The second kappa shape index (κ2) is 8.18. The lowest BCUT2D eigenvalue weighted by Crippen LogP contribution is -2.03. The Labute approximate surface area is 232 Å². The Morgan fingerprint density at radius 2 is 1.30 bits per heavy atom. The van der Waals surface area contributed by atoms with Crippen molar-refractivity contribution in [1.82, 2.24) is 19.5 Å². The molecule has 0 bridgehead atoms. The van der Waals surface area contributed by atoms with Gasteiger partial charge in [0.2, 0.25) is 0 Å². The highest BCUT2D eigenvalue weighted by Gasteiger charge is 2.22. The van der Waals surface area contributed by atoms with E-state index in [9.17, 15) is 0 Å². The molecule has 0 saturated carbocycles. The van der Waals surface area contributed by atoms with Crippen LogP contribution in [0.5, 0.6) is 0 Å². The summed E-state index contributed by atoms with van der Waals surface area (Å²) in [4.78, 5) is 16.5. The topological polar surface area (TPSA) is 43.6 Å². The minimum atomic E-state index is 0.815. The second-order valence-corrected chi connectivity index (χ2v) is 11.1. The molecule has 186 valence electrons. The van der Waals surface area contributed by atoms with Crippen LogP contribution in [-0.4, -0.2) is 19.5 Å². The van der Waals surface area contributed by atoms with Crippen LogP contribution in [0, 0.1) is 0 Å². The van der Waals surface area contributed by atoms with Crippen molar-refractivity contribution in [3.8, 4) is 17.1 Å². The largest absolute Gasteiger partial charge is 0.292 e. The van der Waals surface area contributed by atoms with Crippen LogP contribution in [0.25, 0.3) is 81.0 Å². The highest BCUT2D eigenvalue weighted by Crippen LogP contribution is 2.40. The molecule has 0 aliphatic heterocycles. The summed E-state index contributed by atoms with van der Waals surface area (Å²) in [6.45, 7) is 0. The molecule has 0 fully saturated rings. The van der Waals surface area contributed by atoms with Gasteiger partial charge in [-0.2, -0.15) is 0 Å². The van der Waals surface area contributed by atoms with Crippen molar-refractivity contribution in [1.29, 1.82) is 0 Å². The van der Waals surface area contributed by atoms with E-state index in [4.69, 9.17) is 15.0 Å². The smallest absolute Gasteiger partial charge is 0.165 e. The van der Waals surface area contributed by atoms with E-state index in [1.807, 2.05) is 12.3 Å². The van der Waals surface area contributed by atoms with E-state index in [2.05, 4.69) is 114 Å². The highest BCUT2D eigenvalue weighted by atomic mass is 32.1. The maximum absolute atomic E-state index is 5.45. The molecule has 40 heavy (non-hydrogen) atoms. The maximum atomic E-state index is 5.45. The molecule has 5 heteroatoms. The lowest BCUT2D eigenvalue weighted by molar-refractivity contribution is 1.09. The first-order valence-electron chi connectivity index (χ1n) is 13.3. The van der Waals surface area contributed by atoms with Crippen molar-refractivity contribution in [3.05, 3.63) is 121 Å². The summed E-state index contributed by atoms with van der Waals surface area (Å²) in [5.74, 6) is 0.815. The van der Waals surface area contributed by atoms with Gasteiger partial charge in [-0.1, -0.05) is 84.9 Å². The molecule has 0 amide bonds. The fraction of sp³-hybridized carbons (Fsp3) is 0. The van der Waals surface area contributed by atoms with Gasteiger partial charge in [0, 0.05) is 38.0 Å². The minimum Gasteiger partial charge on any atom is -0.292 e. The Bertz CT molecular complexity index is 2450. The van der Waals surface area contributed by atoms with Gasteiger partial charge < -0.3 is 0 Å². The fourth-order valence-electron chi connectivity index (χ4n) is 6.03. The molecule has 4 nitrogen and oxygen atoms in total. The van der Waals surface area contributed by atoms with Crippen LogP contribution in [0.1, 0.15) is 0 Å². The lowest BCUT2D eigenvalue weighted by Gasteiger charge is -2.14. The zero-order chi connectivity index (χ0) is 26.2. The molecule has 4 aromatic heterocycles. The number of para-hydroxylation sites is 2. The van der Waals surface area contributed by atoms with Crippen molar-refractivity contribution >= 4 is 75.3 Å². The Morgan fingerprint density at radius 1 is 0.550 bits per heavy atom. The fourth-order valence-corrected chi connectivity index (χ4v) is 7.05. The summed E-state index contributed by atoms with van der Waals surface area (Å²) >= 11 is 1.69. The highest BCUT2D eigenvalue weighted by molar-refractivity contribution is 7.25. The number of rotatable bonds is 2. The number of nitrogens with zero attached hydrogens (tertiary/aromatic N) is 4. The van der Waals surface area contributed by atoms with Crippen molar-refractivity contribution < 1.29 is 0 Å². The Morgan fingerprint density at radius 3 is 2.23 bits per heavy atom. The third kappa shape index (κ3) is 3.04. The molecule has 0 aliphatic rings. The van der Waals surface area contributed by atoms with E-state index in [1.54, 1.807) is 11.3 Å². The van der Waals surface area contributed by atoms with Crippen molar-refractivity contribution in [2.24, 2.45) is 0 Å². The van der Waals surface area contributed by atoms with Crippen molar-refractivity contribution in [3.63, 3.8) is 0 Å². The van der Waals surface area contributed by atoms with E-state index < -0.39 is 0 Å². The Balaban J connectivity index is 1.50.